The van der Waals surface area contributed by atoms with Crippen LogP contribution in [0.2, 0.25) is 0 Å². The summed E-state index contributed by atoms with van der Waals surface area (Å²) in [6.07, 6.45) is 4.17. The normalized spacial score (nSPS) is 17.5. The number of nitrogens with zero attached hydrogens (tertiary/aromatic N) is 2. The van der Waals surface area contributed by atoms with Crippen LogP contribution in [0.4, 0.5) is 0 Å². The van der Waals surface area contributed by atoms with Crippen LogP contribution in [0.25, 0.3) is 0 Å². The SMILES string of the molecule is O=C([C@H]1CCCO1)N(CCc1ccccc1)Cc1nccs1. The first kappa shape index (κ1) is 15.2. The van der Waals surface area contributed by atoms with Crippen molar-refractivity contribution in [2.24, 2.45) is 0 Å². The molecule has 0 spiro atoms. The number of carbonyl (C=O) groups excluding carboxylic acids is 1. The Balaban J connectivity index is 1.66. The lowest BCUT2D eigenvalue weighted by molar-refractivity contribution is -0.141. The van der Waals surface area contributed by atoms with Gasteiger partial charge in [0.2, 0.25) is 0 Å². The van der Waals surface area contributed by atoms with Crippen LogP contribution in [0, 0.1) is 0 Å². The molecule has 0 unspecified atom stereocenters. The Kier molecular flexibility index (Phi) is 5.19. The van der Waals surface area contributed by atoms with Crippen LogP contribution >= 0.6 is 11.3 Å². The van der Waals surface area contributed by atoms with Crippen LogP contribution in [-0.4, -0.2) is 35.0 Å². The zero-order chi connectivity index (χ0) is 15.2. The molecule has 1 amide bonds. The summed E-state index contributed by atoms with van der Waals surface area (Å²) in [5, 5.41) is 2.92. The van der Waals surface area contributed by atoms with Gasteiger partial charge in [0.1, 0.15) is 11.1 Å². The van der Waals surface area contributed by atoms with Crippen molar-refractivity contribution in [3.8, 4) is 0 Å². The first-order valence-corrected chi connectivity index (χ1v) is 8.53. The number of aromatic nitrogens is 1. The van der Waals surface area contributed by atoms with Gasteiger partial charge in [0.25, 0.3) is 5.91 Å². The third kappa shape index (κ3) is 3.93. The second-order valence-corrected chi connectivity index (χ2v) is 6.40. The van der Waals surface area contributed by atoms with Crippen molar-refractivity contribution in [2.75, 3.05) is 13.2 Å². The monoisotopic (exact) mass is 316 g/mol. The summed E-state index contributed by atoms with van der Waals surface area (Å²) < 4.78 is 5.56. The van der Waals surface area contributed by atoms with Gasteiger partial charge in [-0.15, -0.1) is 11.3 Å². The molecule has 1 aliphatic heterocycles. The lowest BCUT2D eigenvalue weighted by atomic mass is 10.1. The van der Waals surface area contributed by atoms with E-state index in [-0.39, 0.29) is 12.0 Å². The van der Waals surface area contributed by atoms with Crippen molar-refractivity contribution < 1.29 is 9.53 Å². The van der Waals surface area contributed by atoms with Crippen LogP contribution < -0.4 is 0 Å². The minimum absolute atomic E-state index is 0.101. The average Bonchev–Trinajstić information content (AvgIpc) is 3.25. The minimum atomic E-state index is -0.268. The van der Waals surface area contributed by atoms with Gasteiger partial charge in [0.05, 0.1) is 6.54 Å². The number of rotatable bonds is 6. The molecule has 2 heterocycles. The van der Waals surface area contributed by atoms with E-state index < -0.39 is 0 Å². The topological polar surface area (TPSA) is 42.4 Å². The van der Waals surface area contributed by atoms with E-state index in [2.05, 4.69) is 17.1 Å². The molecule has 1 aliphatic rings. The van der Waals surface area contributed by atoms with Gasteiger partial charge in [-0.05, 0) is 24.8 Å². The molecule has 0 radical (unpaired) electrons. The van der Waals surface area contributed by atoms with Gasteiger partial charge in [0, 0.05) is 24.7 Å². The Hall–Kier alpha value is -1.72. The average molecular weight is 316 g/mol. The van der Waals surface area contributed by atoms with Crippen molar-refractivity contribution in [2.45, 2.75) is 31.9 Å². The lowest BCUT2D eigenvalue weighted by Gasteiger charge is -2.24. The highest BCUT2D eigenvalue weighted by Crippen LogP contribution is 2.17. The molecule has 0 N–H and O–H groups in total. The van der Waals surface area contributed by atoms with E-state index in [1.54, 1.807) is 17.5 Å². The largest absolute Gasteiger partial charge is 0.368 e. The van der Waals surface area contributed by atoms with Gasteiger partial charge < -0.3 is 9.64 Å². The summed E-state index contributed by atoms with van der Waals surface area (Å²) in [6, 6.07) is 10.3. The Morgan fingerprint density at radius 3 is 2.91 bits per heavy atom. The molecule has 1 aromatic heterocycles. The molecule has 0 aliphatic carbocycles. The molecule has 1 aromatic carbocycles. The van der Waals surface area contributed by atoms with Gasteiger partial charge in [-0.25, -0.2) is 4.98 Å². The Morgan fingerprint density at radius 2 is 2.23 bits per heavy atom. The van der Waals surface area contributed by atoms with Gasteiger partial charge >= 0.3 is 0 Å². The molecule has 5 heteroatoms. The Bertz CT molecular complexity index is 580. The molecule has 1 fully saturated rings. The minimum Gasteiger partial charge on any atom is -0.368 e. The second kappa shape index (κ2) is 7.51. The quantitative estimate of drug-likeness (QED) is 0.823. The Labute approximate surface area is 134 Å². The molecule has 22 heavy (non-hydrogen) atoms. The van der Waals surface area contributed by atoms with Gasteiger partial charge in [0.15, 0.2) is 0 Å². The van der Waals surface area contributed by atoms with Crippen molar-refractivity contribution in [3.63, 3.8) is 0 Å². The van der Waals surface area contributed by atoms with E-state index in [9.17, 15) is 4.79 Å². The zero-order valence-electron chi connectivity index (χ0n) is 12.5. The number of hydrogen-bond donors (Lipinski definition) is 0. The predicted molar refractivity (Wildman–Crippen MR) is 86.7 cm³/mol. The summed E-state index contributed by atoms with van der Waals surface area (Å²) in [4.78, 5) is 18.9. The number of amides is 1. The van der Waals surface area contributed by atoms with E-state index in [0.29, 0.717) is 19.7 Å². The summed E-state index contributed by atoms with van der Waals surface area (Å²) in [5.41, 5.74) is 1.24. The van der Waals surface area contributed by atoms with E-state index in [1.165, 1.54) is 5.56 Å². The van der Waals surface area contributed by atoms with Gasteiger partial charge in [-0.3, -0.25) is 4.79 Å². The maximum atomic E-state index is 12.7. The predicted octanol–water partition coefficient (Wildman–Crippen LogP) is 2.89. The molecule has 0 bridgehead atoms. The highest BCUT2D eigenvalue weighted by molar-refractivity contribution is 7.09. The molecule has 1 saturated heterocycles. The zero-order valence-corrected chi connectivity index (χ0v) is 13.3. The molecule has 3 rings (SSSR count). The molecule has 2 aromatic rings. The van der Waals surface area contributed by atoms with E-state index in [0.717, 1.165) is 24.3 Å². The number of ether oxygens (including phenoxy) is 1. The van der Waals surface area contributed by atoms with Gasteiger partial charge in [-0.1, -0.05) is 30.3 Å². The summed E-state index contributed by atoms with van der Waals surface area (Å²) in [5.74, 6) is 0.101. The van der Waals surface area contributed by atoms with Crippen LogP contribution in [0.1, 0.15) is 23.4 Å². The Morgan fingerprint density at radius 1 is 1.36 bits per heavy atom. The fraction of sp³-hybridized carbons (Fsp3) is 0.412. The number of benzene rings is 1. The fourth-order valence-electron chi connectivity index (χ4n) is 2.65. The van der Waals surface area contributed by atoms with Crippen LogP contribution in [0.5, 0.6) is 0 Å². The standard InChI is InChI=1S/C17H20N2O2S/c20-17(15-7-4-11-21-15)19(13-16-18-9-12-22-16)10-8-14-5-2-1-3-6-14/h1-3,5-6,9,12,15H,4,7-8,10-11,13H2/t15-/m1/s1. The van der Waals surface area contributed by atoms with Crippen LogP contribution in [-0.2, 0) is 22.5 Å². The number of hydrogen-bond acceptors (Lipinski definition) is 4. The van der Waals surface area contributed by atoms with Gasteiger partial charge in [-0.2, -0.15) is 0 Å². The molecule has 1 atom stereocenters. The highest BCUT2D eigenvalue weighted by Gasteiger charge is 2.28. The molecule has 0 saturated carbocycles. The number of carbonyl (C=O) groups is 1. The first-order chi connectivity index (χ1) is 10.8. The molecular formula is C17H20N2O2S. The van der Waals surface area contributed by atoms with Crippen LogP contribution in [0.15, 0.2) is 41.9 Å². The first-order valence-electron chi connectivity index (χ1n) is 7.65. The van der Waals surface area contributed by atoms with Crippen molar-refractivity contribution in [1.29, 1.82) is 0 Å². The summed E-state index contributed by atoms with van der Waals surface area (Å²) in [7, 11) is 0. The second-order valence-electron chi connectivity index (χ2n) is 5.42. The molecule has 4 nitrogen and oxygen atoms in total. The van der Waals surface area contributed by atoms with E-state index in [4.69, 9.17) is 4.74 Å². The van der Waals surface area contributed by atoms with Crippen molar-refractivity contribution >= 4 is 17.2 Å². The lowest BCUT2D eigenvalue weighted by Crippen LogP contribution is -2.39. The van der Waals surface area contributed by atoms with Crippen molar-refractivity contribution in [1.82, 2.24) is 9.88 Å². The molecular weight excluding hydrogens is 296 g/mol. The van der Waals surface area contributed by atoms with E-state index in [1.807, 2.05) is 28.5 Å². The summed E-state index contributed by atoms with van der Waals surface area (Å²) in [6.45, 7) is 1.96. The highest BCUT2D eigenvalue weighted by atomic mass is 32.1. The van der Waals surface area contributed by atoms with Crippen LogP contribution in [0.3, 0.4) is 0 Å². The maximum Gasteiger partial charge on any atom is 0.252 e. The van der Waals surface area contributed by atoms with Crippen molar-refractivity contribution in [3.05, 3.63) is 52.5 Å². The molecule has 116 valence electrons. The maximum absolute atomic E-state index is 12.7. The summed E-state index contributed by atoms with van der Waals surface area (Å²) >= 11 is 1.59. The number of thiazole rings is 1. The smallest absolute Gasteiger partial charge is 0.252 e. The third-order valence-corrected chi connectivity index (χ3v) is 4.60. The fourth-order valence-corrected chi connectivity index (χ4v) is 3.28. The van der Waals surface area contributed by atoms with E-state index >= 15 is 0 Å². The third-order valence-electron chi connectivity index (χ3n) is 3.84.